The van der Waals surface area contributed by atoms with Crippen LogP contribution in [0.1, 0.15) is 27.2 Å². The minimum atomic E-state index is 0.143. The highest BCUT2D eigenvalue weighted by Crippen LogP contribution is 2.21. The van der Waals surface area contributed by atoms with Gasteiger partial charge in [0.2, 0.25) is 5.91 Å². The number of amides is 1. The highest BCUT2D eigenvalue weighted by molar-refractivity contribution is 6.18. The zero-order valence-corrected chi connectivity index (χ0v) is 10.0. The number of alkyl halides is 1. The fourth-order valence-corrected chi connectivity index (χ4v) is 1.98. The molecule has 1 aliphatic rings. The van der Waals surface area contributed by atoms with Crippen molar-refractivity contribution in [1.29, 1.82) is 0 Å². The Morgan fingerprint density at radius 1 is 1.50 bits per heavy atom. The van der Waals surface area contributed by atoms with E-state index in [0.29, 0.717) is 23.6 Å². The van der Waals surface area contributed by atoms with Crippen molar-refractivity contribution in [3.8, 4) is 0 Å². The summed E-state index contributed by atoms with van der Waals surface area (Å²) in [4.78, 5) is 13.9. The lowest BCUT2D eigenvalue weighted by molar-refractivity contribution is -0.135. The molecule has 2 atom stereocenters. The van der Waals surface area contributed by atoms with Crippen molar-refractivity contribution in [2.75, 3.05) is 19.0 Å². The largest absolute Gasteiger partial charge is 0.342 e. The van der Waals surface area contributed by atoms with Crippen LogP contribution in [0.25, 0.3) is 0 Å². The number of carbonyl (C=O) groups excluding carboxylic acids is 1. The molecule has 0 aromatic heterocycles. The van der Waals surface area contributed by atoms with Gasteiger partial charge in [0.05, 0.1) is 0 Å². The Labute approximate surface area is 91.6 Å². The summed E-state index contributed by atoms with van der Waals surface area (Å²) < 4.78 is 0. The van der Waals surface area contributed by atoms with E-state index in [9.17, 15) is 4.79 Å². The summed E-state index contributed by atoms with van der Waals surface area (Å²) in [5.74, 6) is 2.06. The third kappa shape index (κ3) is 2.63. The molecule has 0 saturated carbocycles. The molecule has 2 nitrogen and oxygen atoms in total. The Hall–Kier alpha value is -0.240. The van der Waals surface area contributed by atoms with Crippen molar-refractivity contribution in [3.05, 3.63) is 0 Å². The van der Waals surface area contributed by atoms with E-state index in [2.05, 4.69) is 13.8 Å². The molecule has 1 amide bonds. The minimum Gasteiger partial charge on any atom is -0.342 e. The summed E-state index contributed by atoms with van der Waals surface area (Å²) in [7, 11) is 0. The van der Waals surface area contributed by atoms with E-state index in [0.717, 1.165) is 19.5 Å². The molecule has 1 rings (SSSR count). The fourth-order valence-electron chi connectivity index (χ4n) is 1.73. The smallest absolute Gasteiger partial charge is 0.225 e. The lowest BCUT2D eigenvalue weighted by atomic mass is 9.97. The first kappa shape index (κ1) is 11.8. The molecule has 0 N–H and O–H groups in total. The van der Waals surface area contributed by atoms with Crippen molar-refractivity contribution >= 4 is 17.5 Å². The van der Waals surface area contributed by atoms with E-state index in [1.807, 2.05) is 11.8 Å². The maximum Gasteiger partial charge on any atom is 0.225 e. The molecule has 2 unspecified atom stereocenters. The Kier molecular flexibility index (Phi) is 4.24. The van der Waals surface area contributed by atoms with Gasteiger partial charge in [0.15, 0.2) is 0 Å². The third-order valence-corrected chi connectivity index (χ3v) is 3.64. The van der Waals surface area contributed by atoms with Crippen LogP contribution in [0, 0.1) is 17.8 Å². The number of hydrogen-bond donors (Lipinski definition) is 0. The maximum atomic E-state index is 11.9. The van der Waals surface area contributed by atoms with Crippen LogP contribution in [0.2, 0.25) is 0 Å². The molecule has 14 heavy (non-hydrogen) atoms. The predicted molar refractivity (Wildman–Crippen MR) is 59.4 cm³/mol. The van der Waals surface area contributed by atoms with Gasteiger partial charge in [0, 0.05) is 24.9 Å². The Bertz CT molecular complexity index is 205. The molecule has 0 aromatic rings. The van der Waals surface area contributed by atoms with Gasteiger partial charge < -0.3 is 4.90 Å². The van der Waals surface area contributed by atoms with E-state index in [1.165, 1.54) is 0 Å². The number of hydrogen-bond acceptors (Lipinski definition) is 1. The lowest BCUT2D eigenvalue weighted by Crippen LogP contribution is -2.35. The average Bonchev–Trinajstić information content (AvgIpc) is 2.63. The van der Waals surface area contributed by atoms with Crippen LogP contribution in [-0.2, 0) is 4.79 Å². The molecular formula is C11H20ClNO. The van der Waals surface area contributed by atoms with Crippen molar-refractivity contribution in [1.82, 2.24) is 4.90 Å². The molecule has 0 aromatic carbocycles. The molecule has 1 fully saturated rings. The van der Waals surface area contributed by atoms with Crippen LogP contribution < -0.4 is 0 Å². The van der Waals surface area contributed by atoms with Crippen LogP contribution >= 0.6 is 11.6 Å². The number of halogens is 1. The Morgan fingerprint density at radius 2 is 2.14 bits per heavy atom. The quantitative estimate of drug-likeness (QED) is 0.665. The van der Waals surface area contributed by atoms with Crippen LogP contribution in [0.15, 0.2) is 0 Å². The van der Waals surface area contributed by atoms with E-state index < -0.39 is 0 Å². The van der Waals surface area contributed by atoms with Crippen LogP contribution in [0.5, 0.6) is 0 Å². The van der Waals surface area contributed by atoms with Gasteiger partial charge in [0.25, 0.3) is 0 Å². The van der Waals surface area contributed by atoms with Gasteiger partial charge in [-0.25, -0.2) is 0 Å². The second-order valence-corrected chi connectivity index (χ2v) is 4.93. The third-order valence-electron chi connectivity index (χ3n) is 3.21. The average molecular weight is 218 g/mol. The number of carbonyl (C=O) groups is 1. The van der Waals surface area contributed by atoms with Gasteiger partial charge in [-0.1, -0.05) is 20.8 Å². The van der Waals surface area contributed by atoms with Crippen molar-refractivity contribution < 1.29 is 4.79 Å². The van der Waals surface area contributed by atoms with Crippen molar-refractivity contribution in [2.45, 2.75) is 27.2 Å². The summed E-state index contributed by atoms with van der Waals surface area (Å²) in [6.45, 7) is 7.96. The molecule has 0 aliphatic carbocycles. The lowest BCUT2D eigenvalue weighted by Gasteiger charge is -2.23. The summed E-state index contributed by atoms with van der Waals surface area (Å²) in [5.41, 5.74) is 0. The maximum absolute atomic E-state index is 11.9. The SMILES string of the molecule is CC(C)C(C)C(=O)N1CCC(CCl)C1. The molecule has 0 bridgehead atoms. The standard InChI is InChI=1S/C11H20ClNO/c1-8(2)9(3)11(14)13-5-4-10(6-12)7-13/h8-10H,4-7H2,1-3H3. The zero-order valence-electron chi connectivity index (χ0n) is 9.29. The number of nitrogens with zero attached hydrogens (tertiary/aromatic N) is 1. The zero-order chi connectivity index (χ0) is 10.7. The molecule has 0 radical (unpaired) electrons. The molecule has 0 spiro atoms. The van der Waals surface area contributed by atoms with Crippen molar-refractivity contribution in [3.63, 3.8) is 0 Å². The normalized spacial score (nSPS) is 24.4. The number of likely N-dealkylation sites (tertiary alicyclic amines) is 1. The first-order valence-electron chi connectivity index (χ1n) is 5.41. The second kappa shape index (κ2) is 5.01. The van der Waals surface area contributed by atoms with E-state index in [4.69, 9.17) is 11.6 Å². The van der Waals surface area contributed by atoms with E-state index in [-0.39, 0.29) is 5.92 Å². The van der Waals surface area contributed by atoms with Gasteiger partial charge in [-0.2, -0.15) is 0 Å². The molecular weight excluding hydrogens is 198 g/mol. The van der Waals surface area contributed by atoms with Gasteiger partial charge in [0.1, 0.15) is 0 Å². The minimum absolute atomic E-state index is 0.143. The van der Waals surface area contributed by atoms with E-state index in [1.54, 1.807) is 0 Å². The summed E-state index contributed by atoms with van der Waals surface area (Å²) in [5, 5.41) is 0. The second-order valence-electron chi connectivity index (χ2n) is 4.63. The fraction of sp³-hybridized carbons (Fsp3) is 0.909. The number of rotatable bonds is 3. The van der Waals surface area contributed by atoms with E-state index >= 15 is 0 Å². The summed E-state index contributed by atoms with van der Waals surface area (Å²) in [6.07, 6.45) is 1.07. The van der Waals surface area contributed by atoms with Crippen molar-refractivity contribution in [2.24, 2.45) is 17.8 Å². The monoisotopic (exact) mass is 217 g/mol. The van der Waals surface area contributed by atoms with Gasteiger partial charge in [-0.15, -0.1) is 11.6 Å². The molecule has 82 valence electrons. The predicted octanol–water partition coefficient (Wildman–Crippen LogP) is 2.37. The topological polar surface area (TPSA) is 20.3 Å². The van der Waals surface area contributed by atoms with Crippen LogP contribution in [0.4, 0.5) is 0 Å². The first-order chi connectivity index (χ1) is 6.56. The van der Waals surface area contributed by atoms with Gasteiger partial charge in [-0.3, -0.25) is 4.79 Å². The molecule has 1 heterocycles. The molecule has 1 saturated heterocycles. The molecule has 1 aliphatic heterocycles. The van der Waals surface area contributed by atoms with Crippen LogP contribution in [-0.4, -0.2) is 29.8 Å². The first-order valence-corrected chi connectivity index (χ1v) is 5.94. The summed E-state index contributed by atoms with van der Waals surface area (Å²) >= 11 is 5.78. The Morgan fingerprint density at radius 3 is 2.57 bits per heavy atom. The highest BCUT2D eigenvalue weighted by Gasteiger charge is 2.29. The van der Waals surface area contributed by atoms with Crippen LogP contribution in [0.3, 0.4) is 0 Å². The Balaban J connectivity index is 2.47. The summed E-state index contributed by atoms with van der Waals surface area (Å²) in [6, 6.07) is 0. The highest BCUT2D eigenvalue weighted by atomic mass is 35.5. The van der Waals surface area contributed by atoms with Gasteiger partial charge in [-0.05, 0) is 18.3 Å². The van der Waals surface area contributed by atoms with Gasteiger partial charge >= 0.3 is 0 Å². The molecule has 3 heteroatoms.